The van der Waals surface area contributed by atoms with Gasteiger partial charge in [-0.05, 0) is 12.1 Å². The molecular formula is C17H14F3N5OS. The van der Waals surface area contributed by atoms with E-state index < -0.39 is 11.9 Å². The first kappa shape index (κ1) is 18.8. The molecular weight excluding hydrogens is 379 g/mol. The minimum atomic E-state index is -4.57. The maximum Gasteiger partial charge on any atom is 0.434 e. The van der Waals surface area contributed by atoms with Gasteiger partial charge in [-0.2, -0.15) is 13.2 Å². The van der Waals surface area contributed by atoms with E-state index in [1.165, 1.54) is 46.7 Å². The summed E-state index contributed by atoms with van der Waals surface area (Å²) in [7, 11) is 1.63. The second-order valence-corrected chi connectivity index (χ2v) is 6.59. The highest BCUT2D eigenvalue weighted by atomic mass is 32.1. The fourth-order valence-electron chi connectivity index (χ4n) is 2.36. The maximum atomic E-state index is 12.8. The first-order chi connectivity index (χ1) is 12.7. The van der Waals surface area contributed by atoms with E-state index in [1.807, 2.05) is 0 Å². The molecule has 10 heteroatoms. The van der Waals surface area contributed by atoms with E-state index >= 15 is 0 Å². The molecule has 0 bridgehead atoms. The summed E-state index contributed by atoms with van der Waals surface area (Å²) in [5.41, 5.74) is 6.09. The fourth-order valence-corrected chi connectivity index (χ4v) is 2.91. The zero-order chi connectivity index (χ0) is 19.6. The zero-order valence-electron chi connectivity index (χ0n) is 14.1. The number of aromatic nitrogens is 3. The van der Waals surface area contributed by atoms with Crippen LogP contribution in [0, 0.1) is 0 Å². The third-order valence-electron chi connectivity index (χ3n) is 3.67. The second kappa shape index (κ2) is 7.31. The summed E-state index contributed by atoms with van der Waals surface area (Å²) in [6.07, 6.45) is -2.66. The first-order valence-corrected chi connectivity index (χ1v) is 8.57. The summed E-state index contributed by atoms with van der Waals surface area (Å²) in [6.45, 7) is 0.299. The molecule has 27 heavy (non-hydrogen) atoms. The van der Waals surface area contributed by atoms with Crippen LogP contribution in [0.1, 0.15) is 21.7 Å². The first-order valence-electron chi connectivity index (χ1n) is 7.69. The number of alkyl halides is 3. The van der Waals surface area contributed by atoms with Gasteiger partial charge in [0.1, 0.15) is 0 Å². The maximum absolute atomic E-state index is 12.8. The molecule has 2 heterocycles. The van der Waals surface area contributed by atoms with Crippen LogP contribution in [0.4, 0.5) is 18.3 Å². The number of hydrogen-bond donors (Lipinski definition) is 1. The van der Waals surface area contributed by atoms with Gasteiger partial charge in [-0.3, -0.25) is 9.78 Å². The molecule has 2 aromatic heterocycles. The largest absolute Gasteiger partial charge is 0.434 e. The molecule has 0 spiro atoms. The van der Waals surface area contributed by atoms with Gasteiger partial charge in [-0.1, -0.05) is 12.1 Å². The summed E-state index contributed by atoms with van der Waals surface area (Å²) in [5.74, 6) is -0.247. The van der Waals surface area contributed by atoms with Gasteiger partial charge in [0.2, 0.25) is 0 Å². The minimum absolute atomic E-state index is 0.0788. The van der Waals surface area contributed by atoms with Crippen LogP contribution >= 0.6 is 11.3 Å². The number of anilines is 1. The summed E-state index contributed by atoms with van der Waals surface area (Å²) < 4.78 is 38.3. The lowest BCUT2D eigenvalue weighted by Crippen LogP contribution is -2.26. The van der Waals surface area contributed by atoms with E-state index in [1.54, 1.807) is 12.4 Å². The normalized spacial score (nSPS) is 11.4. The number of nitrogen functional groups attached to an aromatic ring is 1. The number of amides is 1. The molecule has 3 aromatic rings. The Bertz CT molecular complexity index is 956. The number of rotatable bonds is 4. The van der Waals surface area contributed by atoms with Crippen molar-refractivity contribution in [3.63, 3.8) is 0 Å². The van der Waals surface area contributed by atoms with Crippen LogP contribution in [-0.2, 0) is 12.7 Å². The van der Waals surface area contributed by atoms with Crippen molar-refractivity contribution in [2.75, 3.05) is 12.8 Å². The van der Waals surface area contributed by atoms with Crippen LogP contribution in [0.3, 0.4) is 0 Å². The molecule has 0 radical (unpaired) electrons. The van der Waals surface area contributed by atoms with Gasteiger partial charge < -0.3 is 10.6 Å². The topological polar surface area (TPSA) is 85.0 Å². The third kappa shape index (κ3) is 4.40. The fraction of sp³-hybridized carbons (Fsp3) is 0.176. The van der Waals surface area contributed by atoms with E-state index in [-0.39, 0.29) is 11.6 Å². The molecule has 0 aliphatic carbocycles. The van der Waals surface area contributed by atoms with Gasteiger partial charge in [0, 0.05) is 23.6 Å². The molecule has 0 atom stereocenters. The van der Waals surface area contributed by atoms with Crippen LogP contribution in [0.2, 0.25) is 0 Å². The Morgan fingerprint density at radius 1 is 1.19 bits per heavy atom. The molecule has 0 saturated carbocycles. The molecule has 0 aliphatic heterocycles. The SMILES string of the molecule is CN(Cc1csc(N)n1)C(=O)c1ccc(-c2cncc(C(F)(F)F)n2)cc1. The number of nitrogens with two attached hydrogens (primary N) is 1. The van der Waals surface area contributed by atoms with Crippen molar-refractivity contribution in [2.45, 2.75) is 12.7 Å². The number of nitrogens with zero attached hydrogens (tertiary/aromatic N) is 4. The van der Waals surface area contributed by atoms with Crippen molar-refractivity contribution in [2.24, 2.45) is 0 Å². The van der Waals surface area contributed by atoms with E-state index in [2.05, 4.69) is 15.0 Å². The molecule has 6 nitrogen and oxygen atoms in total. The summed E-state index contributed by atoms with van der Waals surface area (Å²) in [4.78, 5) is 25.2. The molecule has 0 unspecified atom stereocenters. The number of halogens is 3. The Labute approximate surface area is 156 Å². The molecule has 140 valence electrons. The van der Waals surface area contributed by atoms with Crippen LogP contribution in [0.25, 0.3) is 11.3 Å². The van der Waals surface area contributed by atoms with Crippen molar-refractivity contribution in [3.05, 3.63) is 59.0 Å². The van der Waals surface area contributed by atoms with Gasteiger partial charge >= 0.3 is 6.18 Å². The highest BCUT2D eigenvalue weighted by Crippen LogP contribution is 2.28. The quantitative estimate of drug-likeness (QED) is 0.734. The third-order valence-corrected chi connectivity index (χ3v) is 4.39. The number of carbonyl (C=O) groups is 1. The average Bonchev–Trinajstić information content (AvgIpc) is 3.05. The van der Waals surface area contributed by atoms with E-state index in [0.29, 0.717) is 34.7 Å². The molecule has 2 N–H and O–H groups in total. The van der Waals surface area contributed by atoms with E-state index in [0.717, 1.165) is 0 Å². The highest BCUT2D eigenvalue weighted by molar-refractivity contribution is 7.13. The minimum Gasteiger partial charge on any atom is -0.375 e. The number of carbonyl (C=O) groups excluding carboxylic acids is 1. The molecule has 1 amide bonds. The number of thiazole rings is 1. The highest BCUT2D eigenvalue weighted by Gasteiger charge is 2.33. The van der Waals surface area contributed by atoms with Crippen molar-refractivity contribution >= 4 is 22.4 Å². The van der Waals surface area contributed by atoms with Crippen molar-refractivity contribution in [3.8, 4) is 11.3 Å². The van der Waals surface area contributed by atoms with Gasteiger partial charge in [-0.25, -0.2) is 9.97 Å². The summed E-state index contributed by atoms with van der Waals surface area (Å²) in [5, 5.41) is 2.20. The van der Waals surface area contributed by atoms with Crippen molar-refractivity contribution < 1.29 is 18.0 Å². The average molecular weight is 393 g/mol. The molecule has 0 saturated heterocycles. The molecule has 3 rings (SSSR count). The van der Waals surface area contributed by atoms with Gasteiger partial charge in [0.15, 0.2) is 10.8 Å². The van der Waals surface area contributed by atoms with Crippen LogP contribution in [0.15, 0.2) is 42.0 Å². The van der Waals surface area contributed by atoms with Gasteiger partial charge in [0.25, 0.3) is 5.91 Å². The molecule has 0 aliphatic rings. The van der Waals surface area contributed by atoms with Crippen LogP contribution in [0.5, 0.6) is 0 Å². The zero-order valence-corrected chi connectivity index (χ0v) is 14.9. The number of benzene rings is 1. The van der Waals surface area contributed by atoms with E-state index in [9.17, 15) is 18.0 Å². The lowest BCUT2D eigenvalue weighted by Gasteiger charge is -2.16. The van der Waals surface area contributed by atoms with Gasteiger partial charge in [0.05, 0.1) is 30.3 Å². The van der Waals surface area contributed by atoms with Crippen molar-refractivity contribution in [1.29, 1.82) is 0 Å². The Kier molecular flexibility index (Phi) is 5.08. The van der Waals surface area contributed by atoms with Crippen LogP contribution < -0.4 is 5.73 Å². The second-order valence-electron chi connectivity index (χ2n) is 5.70. The predicted molar refractivity (Wildman–Crippen MR) is 94.8 cm³/mol. The molecule has 1 aromatic carbocycles. The van der Waals surface area contributed by atoms with Crippen LogP contribution in [-0.4, -0.2) is 32.8 Å². The van der Waals surface area contributed by atoms with Gasteiger partial charge in [-0.15, -0.1) is 11.3 Å². The summed E-state index contributed by atoms with van der Waals surface area (Å²) in [6, 6.07) is 6.13. The Balaban J connectivity index is 1.76. The summed E-state index contributed by atoms with van der Waals surface area (Å²) >= 11 is 1.29. The lowest BCUT2D eigenvalue weighted by molar-refractivity contribution is -0.141. The Morgan fingerprint density at radius 3 is 2.48 bits per heavy atom. The predicted octanol–water partition coefficient (Wildman–Crippen LogP) is 3.47. The number of hydrogen-bond acceptors (Lipinski definition) is 6. The lowest BCUT2D eigenvalue weighted by atomic mass is 10.1. The monoisotopic (exact) mass is 393 g/mol. The van der Waals surface area contributed by atoms with E-state index in [4.69, 9.17) is 5.73 Å². The Hall–Kier alpha value is -3.01. The Morgan fingerprint density at radius 2 is 1.89 bits per heavy atom. The smallest absolute Gasteiger partial charge is 0.375 e. The standard InChI is InChI=1S/C17H14F3N5OS/c1-25(8-12-9-27-16(21)23-12)15(26)11-4-2-10(3-5-11)13-6-22-7-14(24-13)17(18,19)20/h2-7,9H,8H2,1H3,(H2,21,23). The van der Waals surface area contributed by atoms with Crippen molar-refractivity contribution in [1.82, 2.24) is 19.9 Å². The molecule has 0 fully saturated rings.